The van der Waals surface area contributed by atoms with E-state index in [1.807, 2.05) is 0 Å². The molecule has 1 rings (SSSR count). The molecule has 0 radical (unpaired) electrons. The van der Waals surface area contributed by atoms with Crippen LogP contribution in [0, 0.1) is 0 Å². The van der Waals surface area contributed by atoms with Crippen molar-refractivity contribution in [1.82, 2.24) is 4.90 Å². The Labute approximate surface area is 100 Å². The third kappa shape index (κ3) is 5.30. The lowest BCUT2D eigenvalue weighted by Crippen LogP contribution is -2.20. The van der Waals surface area contributed by atoms with E-state index < -0.39 is 0 Å². The zero-order valence-corrected chi connectivity index (χ0v) is 11.0. The van der Waals surface area contributed by atoms with Crippen LogP contribution in [0.15, 0.2) is 28.7 Å². The zero-order chi connectivity index (χ0) is 11.1. The third-order valence-electron chi connectivity index (χ3n) is 2.25. The van der Waals surface area contributed by atoms with E-state index in [4.69, 9.17) is 4.74 Å². The number of hydrogen-bond donors (Lipinski definition) is 0. The number of halogens is 1. The van der Waals surface area contributed by atoms with E-state index >= 15 is 0 Å². The second-order valence-electron chi connectivity index (χ2n) is 3.71. The number of rotatable bonds is 6. The van der Waals surface area contributed by atoms with Gasteiger partial charge in [-0.05, 0) is 31.2 Å². The van der Waals surface area contributed by atoms with Crippen molar-refractivity contribution < 1.29 is 4.74 Å². The molecule has 0 aliphatic heterocycles. The Kier molecular flexibility index (Phi) is 5.91. The van der Waals surface area contributed by atoms with Gasteiger partial charge < -0.3 is 9.64 Å². The summed E-state index contributed by atoms with van der Waals surface area (Å²) in [7, 11) is 3.88. The number of nitrogens with zero attached hydrogens (tertiary/aromatic N) is 1. The van der Waals surface area contributed by atoms with Gasteiger partial charge in [0, 0.05) is 31.3 Å². The van der Waals surface area contributed by atoms with Gasteiger partial charge in [0.15, 0.2) is 0 Å². The van der Waals surface area contributed by atoms with Gasteiger partial charge in [0.1, 0.15) is 0 Å². The van der Waals surface area contributed by atoms with Gasteiger partial charge in [-0.2, -0.15) is 0 Å². The fraction of sp³-hybridized carbons (Fsp3) is 0.500. The lowest BCUT2D eigenvalue weighted by Gasteiger charge is -2.16. The van der Waals surface area contributed by atoms with Gasteiger partial charge in [0.2, 0.25) is 0 Å². The van der Waals surface area contributed by atoms with Crippen molar-refractivity contribution in [3.8, 4) is 0 Å². The van der Waals surface area contributed by atoms with E-state index in [-0.39, 0.29) is 0 Å². The predicted molar refractivity (Wildman–Crippen MR) is 67.0 cm³/mol. The molecule has 0 aliphatic rings. The number of methoxy groups -OCH3 is 1. The minimum atomic E-state index is 0.838. The molecular weight excluding hydrogens is 254 g/mol. The van der Waals surface area contributed by atoms with Crippen molar-refractivity contribution in [3.05, 3.63) is 34.3 Å². The van der Waals surface area contributed by atoms with Gasteiger partial charge in [0.05, 0.1) is 0 Å². The second kappa shape index (κ2) is 6.99. The normalized spacial score (nSPS) is 10.9. The van der Waals surface area contributed by atoms with Crippen molar-refractivity contribution in [2.45, 2.75) is 13.0 Å². The minimum absolute atomic E-state index is 0.838. The zero-order valence-electron chi connectivity index (χ0n) is 9.37. The molecule has 0 saturated heterocycles. The molecule has 0 spiro atoms. The predicted octanol–water partition coefficient (Wildman–Crippen LogP) is 2.92. The van der Waals surface area contributed by atoms with Crippen LogP contribution in [0.5, 0.6) is 0 Å². The summed E-state index contributed by atoms with van der Waals surface area (Å²) in [6.45, 7) is 2.91. The molecule has 0 saturated carbocycles. The molecule has 3 heteroatoms. The molecular formula is C12H18BrNO. The molecule has 0 amide bonds. The standard InChI is InChI=1S/C12H18BrNO/c1-14(8-3-9-15-2)10-11-4-6-12(13)7-5-11/h4-7H,3,8-10H2,1-2H3. The SMILES string of the molecule is COCCCN(C)Cc1ccc(Br)cc1. The highest BCUT2D eigenvalue weighted by molar-refractivity contribution is 9.10. The first-order chi connectivity index (χ1) is 7.22. The lowest BCUT2D eigenvalue weighted by molar-refractivity contribution is 0.178. The topological polar surface area (TPSA) is 12.5 Å². The van der Waals surface area contributed by atoms with E-state index in [1.165, 1.54) is 5.56 Å². The smallest absolute Gasteiger partial charge is 0.0474 e. The number of ether oxygens (including phenoxy) is 1. The maximum atomic E-state index is 5.03. The Balaban J connectivity index is 2.31. The average Bonchev–Trinajstić information content (AvgIpc) is 2.22. The Morgan fingerprint density at radius 2 is 1.93 bits per heavy atom. The van der Waals surface area contributed by atoms with Crippen molar-refractivity contribution in [2.75, 3.05) is 27.3 Å². The van der Waals surface area contributed by atoms with Crippen molar-refractivity contribution in [3.63, 3.8) is 0 Å². The van der Waals surface area contributed by atoms with E-state index in [9.17, 15) is 0 Å². The molecule has 15 heavy (non-hydrogen) atoms. The summed E-state index contributed by atoms with van der Waals surface area (Å²) < 4.78 is 6.16. The van der Waals surface area contributed by atoms with Crippen LogP contribution in [-0.2, 0) is 11.3 Å². The quantitative estimate of drug-likeness (QED) is 0.738. The summed E-state index contributed by atoms with van der Waals surface area (Å²) in [5.41, 5.74) is 1.35. The minimum Gasteiger partial charge on any atom is -0.385 e. The van der Waals surface area contributed by atoms with Gasteiger partial charge in [-0.15, -0.1) is 0 Å². The summed E-state index contributed by atoms with van der Waals surface area (Å²) in [5.74, 6) is 0. The maximum Gasteiger partial charge on any atom is 0.0474 e. The molecule has 1 aromatic rings. The van der Waals surface area contributed by atoms with Crippen molar-refractivity contribution in [2.24, 2.45) is 0 Å². The van der Waals surface area contributed by atoms with Crippen LogP contribution >= 0.6 is 15.9 Å². The molecule has 2 nitrogen and oxygen atoms in total. The molecule has 0 bridgehead atoms. The van der Waals surface area contributed by atoms with Gasteiger partial charge >= 0.3 is 0 Å². The molecule has 0 heterocycles. The van der Waals surface area contributed by atoms with Crippen LogP contribution in [0.25, 0.3) is 0 Å². The highest BCUT2D eigenvalue weighted by Gasteiger charge is 1.99. The third-order valence-corrected chi connectivity index (χ3v) is 2.78. The fourth-order valence-electron chi connectivity index (χ4n) is 1.46. The van der Waals surface area contributed by atoms with E-state index in [0.29, 0.717) is 0 Å². The number of hydrogen-bond acceptors (Lipinski definition) is 2. The molecule has 0 atom stereocenters. The second-order valence-corrected chi connectivity index (χ2v) is 4.63. The van der Waals surface area contributed by atoms with Crippen LogP contribution in [0.4, 0.5) is 0 Å². The Morgan fingerprint density at radius 3 is 2.53 bits per heavy atom. The molecule has 0 aromatic heterocycles. The molecule has 0 unspecified atom stereocenters. The largest absolute Gasteiger partial charge is 0.385 e. The summed E-state index contributed by atoms with van der Waals surface area (Å²) in [6.07, 6.45) is 1.09. The molecule has 0 aliphatic carbocycles. The first kappa shape index (κ1) is 12.7. The highest BCUT2D eigenvalue weighted by atomic mass is 79.9. The van der Waals surface area contributed by atoms with E-state index in [0.717, 1.165) is 30.6 Å². The van der Waals surface area contributed by atoms with Crippen LogP contribution in [0.3, 0.4) is 0 Å². The Morgan fingerprint density at radius 1 is 1.27 bits per heavy atom. The average molecular weight is 272 g/mol. The summed E-state index contributed by atoms with van der Waals surface area (Å²) in [5, 5.41) is 0. The first-order valence-electron chi connectivity index (χ1n) is 5.14. The van der Waals surface area contributed by atoms with Crippen LogP contribution in [-0.4, -0.2) is 32.2 Å². The maximum absolute atomic E-state index is 5.03. The van der Waals surface area contributed by atoms with Crippen LogP contribution in [0.2, 0.25) is 0 Å². The monoisotopic (exact) mass is 271 g/mol. The summed E-state index contributed by atoms with van der Waals surface area (Å²) in [4.78, 5) is 2.31. The molecule has 0 N–H and O–H groups in total. The van der Waals surface area contributed by atoms with Crippen molar-refractivity contribution in [1.29, 1.82) is 0 Å². The fourth-order valence-corrected chi connectivity index (χ4v) is 1.72. The number of benzene rings is 1. The van der Waals surface area contributed by atoms with Gasteiger partial charge in [0.25, 0.3) is 0 Å². The lowest BCUT2D eigenvalue weighted by atomic mass is 10.2. The van der Waals surface area contributed by atoms with Crippen LogP contribution in [0.1, 0.15) is 12.0 Å². The van der Waals surface area contributed by atoms with E-state index in [2.05, 4.69) is 52.1 Å². The molecule has 1 aromatic carbocycles. The van der Waals surface area contributed by atoms with Gasteiger partial charge in [-0.3, -0.25) is 0 Å². The molecule has 84 valence electrons. The van der Waals surface area contributed by atoms with Crippen molar-refractivity contribution >= 4 is 15.9 Å². The highest BCUT2D eigenvalue weighted by Crippen LogP contribution is 2.11. The summed E-state index contributed by atoms with van der Waals surface area (Å²) >= 11 is 3.43. The Hall–Kier alpha value is -0.380. The van der Waals surface area contributed by atoms with Gasteiger partial charge in [-0.1, -0.05) is 28.1 Å². The molecule has 0 fully saturated rings. The van der Waals surface area contributed by atoms with Gasteiger partial charge in [-0.25, -0.2) is 0 Å². The summed E-state index contributed by atoms with van der Waals surface area (Å²) in [6, 6.07) is 8.46. The van der Waals surface area contributed by atoms with Crippen LogP contribution < -0.4 is 0 Å². The Bertz CT molecular complexity index is 273. The first-order valence-corrected chi connectivity index (χ1v) is 5.93. The van der Waals surface area contributed by atoms with E-state index in [1.54, 1.807) is 7.11 Å².